The van der Waals surface area contributed by atoms with E-state index in [1.54, 1.807) is 0 Å². The molecule has 0 rings (SSSR count). The summed E-state index contributed by atoms with van der Waals surface area (Å²) in [6, 6.07) is 0. The van der Waals surface area contributed by atoms with E-state index in [9.17, 15) is 0 Å². The maximum atomic E-state index is 8.88. The van der Waals surface area contributed by atoms with E-state index in [2.05, 4.69) is 0 Å². The lowest BCUT2D eigenvalue weighted by atomic mass is 15.8. The van der Waals surface area contributed by atoms with Gasteiger partial charge in [-0.25, -0.2) is 27.4 Å². The number of phosphoric acid groups is 6. The molecule has 0 heterocycles. The van der Waals surface area contributed by atoms with Crippen molar-refractivity contribution in [1.82, 2.24) is 0 Å². The van der Waals surface area contributed by atoms with E-state index in [0.717, 1.165) is 0 Å². The lowest BCUT2D eigenvalue weighted by molar-refractivity contribution is 0.272. The Morgan fingerprint density at radius 3 is 0.194 bits per heavy atom. The van der Waals surface area contributed by atoms with Gasteiger partial charge in [0.05, 0.1) is 0 Å². The SMILES string of the molecule is O=P(O)(O)O.O=P(O)(O)O.O=P(O)(O)O.O=P(O)(O)O.O=P(O)(O)O.O=P(O)(O)O.P.P.P.P.P.P. The monoisotopic (exact) mass is 792 g/mol. The van der Waals surface area contributed by atoms with Crippen LogP contribution in [0.3, 0.4) is 0 Å². The second-order valence-electron chi connectivity index (χ2n) is 3.08. The van der Waals surface area contributed by atoms with Crippen molar-refractivity contribution < 1.29 is 115 Å². The van der Waals surface area contributed by atoms with Crippen LogP contribution >= 0.6 is 106 Å². The van der Waals surface area contributed by atoms with Crippen LogP contribution in [0.4, 0.5) is 0 Å². The molecule has 24 nitrogen and oxygen atoms in total. The van der Waals surface area contributed by atoms with Gasteiger partial charge in [-0.3, -0.25) is 0 Å². The molecule has 0 aromatic carbocycles. The van der Waals surface area contributed by atoms with Crippen molar-refractivity contribution in [2.75, 3.05) is 0 Å². The number of hydrogen-bond donors (Lipinski definition) is 18. The van der Waals surface area contributed by atoms with Crippen LogP contribution in [-0.2, 0) is 27.4 Å². The summed E-state index contributed by atoms with van der Waals surface area (Å²) in [6.45, 7) is 0. The molecular weight excluding hydrogens is 756 g/mol. The van der Waals surface area contributed by atoms with E-state index in [0.29, 0.717) is 0 Å². The van der Waals surface area contributed by atoms with Gasteiger partial charge in [-0.2, -0.15) is 59.4 Å². The average Bonchev–Trinajstić information content (AvgIpc) is 1.94. The maximum absolute atomic E-state index is 8.88. The minimum atomic E-state index is -4.64. The first-order chi connectivity index (χ1) is 12.0. The van der Waals surface area contributed by atoms with E-state index in [1.165, 1.54) is 0 Å². The first-order valence-electron chi connectivity index (χ1n) is 4.70. The quantitative estimate of drug-likeness (QED) is 0.102. The van der Waals surface area contributed by atoms with Gasteiger partial charge in [0.1, 0.15) is 0 Å². The fraction of sp³-hybridized carbons (Fsp3) is 0. The molecule has 0 bridgehead atoms. The second-order valence-corrected chi connectivity index (χ2v) is 9.24. The molecule has 6 atom stereocenters. The Hall–Kier alpha value is 3.24. The minimum absolute atomic E-state index is 0. The Kier molecular flexibility index (Phi) is 74.0. The molecule has 0 amide bonds. The van der Waals surface area contributed by atoms with Crippen molar-refractivity contribution in [3.63, 3.8) is 0 Å². The van der Waals surface area contributed by atoms with Crippen LogP contribution in [0.5, 0.6) is 0 Å². The average molecular weight is 792 g/mol. The Morgan fingerprint density at radius 2 is 0.194 bits per heavy atom. The molecular formula is H36O24P12. The van der Waals surface area contributed by atoms with Crippen LogP contribution in [0.25, 0.3) is 0 Å². The van der Waals surface area contributed by atoms with Crippen molar-refractivity contribution >= 4 is 106 Å². The normalized spacial score (nSPS) is 9.83. The van der Waals surface area contributed by atoms with Gasteiger partial charge in [0.2, 0.25) is 0 Å². The molecule has 6 unspecified atom stereocenters. The topological polar surface area (TPSA) is 467 Å². The molecule has 36 heavy (non-hydrogen) atoms. The van der Waals surface area contributed by atoms with Gasteiger partial charge in [-0.1, -0.05) is 0 Å². The third-order valence-corrected chi connectivity index (χ3v) is 0. The number of rotatable bonds is 0. The van der Waals surface area contributed by atoms with E-state index in [-0.39, 0.29) is 59.4 Å². The molecule has 240 valence electrons. The first-order valence-corrected chi connectivity index (χ1v) is 14.1. The highest BCUT2D eigenvalue weighted by molar-refractivity contribution is 7.46. The summed E-state index contributed by atoms with van der Waals surface area (Å²) in [7, 11) is -27.8. The lowest BCUT2D eigenvalue weighted by Gasteiger charge is -1.82. The third-order valence-electron chi connectivity index (χ3n) is 0. The highest BCUT2D eigenvalue weighted by Crippen LogP contribution is 2.27. The second kappa shape index (κ2) is 34.4. The molecule has 0 saturated carbocycles. The van der Waals surface area contributed by atoms with Crippen LogP contribution < -0.4 is 0 Å². The maximum Gasteiger partial charge on any atom is 0.466 e. The molecule has 0 fully saturated rings. The largest absolute Gasteiger partial charge is 0.466 e. The van der Waals surface area contributed by atoms with Gasteiger partial charge >= 0.3 is 46.9 Å². The molecule has 0 saturated heterocycles. The third kappa shape index (κ3) is 4660. The smallest absolute Gasteiger partial charge is 0.303 e. The Labute approximate surface area is 222 Å². The van der Waals surface area contributed by atoms with Gasteiger partial charge in [0, 0.05) is 0 Å². The summed E-state index contributed by atoms with van der Waals surface area (Å²) in [5, 5.41) is 0. The zero-order chi connectivity index (χ0) is 27.0. The van der Waals surface area contributed by atoms with Gasteiger partial charge in [0.25, 0.3) is 0 Å². The van der Waals surface area contributed by atoms with E-state index < -0.39 is 46.9 Å². The van der Waals surface area contributed by atoms with E-state index in [4.69, 9.17) is 115 Å². The van der Waals surface area contributed by atoms with Crippen molar-refractivity contribution in [3.8, 4) is 0 Å². The summed E-state index contributed by atoms with van der Waals surface area (Å²) in [4.78, 5) is 129. The van der Waals surface area contributed by atoms with Crippen LogP contribution in [-0.4, -0.2) is 88.1 Å². The highest BCUT2D eigenvalue weighted by atomic mass is 31.2. The molecule has 0 aromatic rings. The van der Waals surface area contributed by atoms with Crippen molar-refractivity contribution in [1.29, 1.82) is 0 Å². The summed E-state index contributed by atoms with van der Waals surface area (Å²) in [5.41, 5.74) is 0. The Balaban J connectivity index is -0.0000000186. The summed E-state index contributed by atoms with van der Waals surface area (Å²) >= 11 is 0. The molecule has 18 N–H and O–H groups in total. The molecule has 36 heteroatoms. The zero-order valence-electron chi connectivity index (χ0n) is 17.4. The summed E-state index contributed by atoms with van der Waals surface area (Å²) in [6.07, 6.45) is 0. The van der Waals surface area contributed by atoms with Crippen LogP contribution in [0.2, 0.25) is 0 Å². The molecule has 0 aliphatic carbocycles. The van der Waals surface area contributed by atoms with Crippen molar-refractivity contribution in [2.24, 2.45) is 0 Å². The Bertz CT molecular complexity index is 465. The zero-order valence-corrected chi connectivity index (χ0v) is 31.3. The molecule has 0 aliphatic heterocycles. The Morgan fingerprint density at radius 1 is 0.194 bits per heavy atom. The number of hydrogen-bond acceptors (Lipinski definition) is 6. The predicted molar refractivity (Wildman–Crippen MR) is 152 cm³/mol. The minimum Gasteiger partial charge on any atom is -0.303 e. The van der Waals surface area contributed by atoms with Gasteiger partial charge in [-0.15, -0.1) is 0 Å². The van der Waals surface area contributed by atoms with Crippen molar-refractivity contribution in [3.05, 3.63) is 0 Å². The van der Waals surface area contributed by atoms with Gasteiger partial charge in [0.15, 0.2) is 0 Å². The fourth-order valence-electron chi connectivity index (χ4n) is 0. The standard InChI is InChI=1S/6H3O4P.6H3P/c6*1-5(2,3)4;;;;;;/h6*(H3,1,2,3,4);6*1H3. The molecule has 0 aromatic heterocycles. The van der Waals surface area contributed by atoms with Crippen molar-refractivity contribution in [2.45, 2.75) is 0 Å². The van der Waals surface area contributed by atoms with Crippen LogP contribution in [0, 0.1) is 0 Å². The predicted octanol–water partition coefficient (Wildman–Crippen LogP) is -5.22. The summed E-state index contributed by atoms with van der Waals surface area (Å²) < 4.78 is 53.3. The first kappa shape index (κ1) is 77.3. The lowest BCUT2D eigenvalue weighted by Crippen LogP contribution is -1.66. The molecule has 0 radical (unpaired) electrons. The van der Waals surface area contributed by atoms with E-state index in [1.807, 2.05) is 0 Å². The highest BCUT2D eigenvalue weighted by Gasteiger charge is 2.02. The molecule has 0 aliphatic rings. The molecule has 0 spiro atoms. The van der Waals surface area contributed by atoms with Crippen LogP contribution in [0.1, 0.15) is 0 Å². The van der Waals surface area contributed by atoms with Crippen LogP contribution in [0.15, 0.2) is 0 Å². The fourth-order valence-corrected chi connectivity index (χ4v) is 0. The van der Waals surface area contributed by atoms with E-state index >= 15 is 0 Å². The summed E-state index contributed by atoms with van der Waals surface area (Å²) in [5.74, 6) is 0. The van der Waals surface area contributed by atoms with Gasteiger partial charge < -0.3 is 88.1 Å². The van der Waals surface area contributed by atoms with Gasteiger partial charge in [-0.05, 0) is 0 Å².